The third kappa shape index (κ3) is 5.12. The van der Waals surface area contributed by atoms with Crippen LogP contribution in [0.2, 0.25) is 5.02 Å². The molecule has 3 rings (SSSR count). The van der Waals surface area contributed by atoms with Crippen molar-refractivity contribution in [3.63, 3.8) is 0 Å². The second kappa shape index (κ2) is 9.10. The molecule has 134 valence electrons. The van der Waals surface area contributed by atoms with Gasteiger partial charge in [0.15, 0.2) is 0 Å². The van der Waals surface area contributed by atoms with Crippen LogP contribution in [0.5, 0.6) is 0 Å². The number of nitrogens with one attached hydrogen (secondary N) is 2. The maximum atomic E-state index is 13.1. The lowest BCUT2D eigenvalue weighted by atomic mass is 10.1. The van der Waals surface area contributed by atoms with Gasteiger partial charge in [0.05, 0.1) is 17.3 Å². The topological polar surface area (TPSA) is 57.3 Å². The van der Waals surface area contributed by atoms with E-state index in [9.17, 15) is 9.18 Å². The molecule has 25 heavy (non-hydrogen) atoms. The molecule has 0 bridgehead atoms. The van der Waals surface area contributed by atoms with Crippen LogP contribution < -0.4 is 10.6 Å². The van der Waals surface area contributed by atoms with Crippen molar-refractivity contribution in [2.24, 2.45) is 0 Å². The molecule has 1 aliphatic rings. The molecule has 2 N–H and O–H groups in total. The van der Waals surface area contributed by atoms with Crippen molar-refractivity contribution in [1.29, 1.82) is 0 Å². The molecule has 0 aliphatic carbocycles. The highest BCUT2D eigenvalue weighted by Gasteiger charge is 2.25. The third-order valence-corrected chi connectivity index (χ3v) is 4.29. The minimum absolute atomic E-state index is 0. The first-order valence-electron chi connectivity index (χ1n) is 7.73. The number of anilines is 1. The predicted octanol–water partition coefficient (Wildman–Crippen LogP) is 2.88. The summed E-state index contributed by atoms with van der Waals surface area (Å²) in [4.78, 5) is 18.6. The number of rotatable bonds is 4. The number of pyridine rings is 1. The number of carbonyl (C=O) groups excluding carboxylic acids is 1. The number of benzene rings is 1. The molecule has 1 aromatic heterocycles. The standard InChI is InChI=1S/C17H18ClFN4O.ClH/c18-14-8-13(19)3-4-15(14)22-17(24)11-23-7-6-21-10-16(23)12-2-1-5-20-9-12;/h1-5,8-9,16,21H,6-7,10-11H2,(H,22,24);1H. The van der Waals surface area contributed by atoms with Crippen LogP contribution >= 0.6 is 24.0 Å². The van der Waals surface area contributed by atoms with Crippen LogP contribution in [0.25, 0.3) is 0 Å². The molecule has 0 spiro atoms. The highest BCUT2D eigenvalue weighted by atomic mass is 35.5. The molecule has 1 unspecified atom stereocenters. The first-order valence-corrected chi connectivity index (χ1v) is 8.11. The van der Waals surface area contributed by atoms with Gasteiger partial charge in [-0.05, 0) is 29.8 Å². The Hall–Kier alpha value is -1.73. The van der Waals surface area contributed by atoms with E-state index in [0.29, 0.717) is 5.69 Å². The van der Waals surface area contributed by atoms with E-state index in [1.807, 2.05) is 18.3 Å². The van der Waals surface area contributed by atoms with Crippen molar-refractivity contribution in [1.82, 2.24) is 15.2 Å². The van der Waals surface area contributed by atoms with E-state index < -0.39 is 5.82 Å². The van der Waals surface area contributed by atoms with Crippen molar-refractivity contribution in [2.45, 2.75) is 6.04 Å². The molecule has 0 radical (unpaired) electrons. The molecule has 5 nitrogen and oxygen atoms in total. The Morgan fingerprint density at radius 2 is 2.28 bits per heavy atom. The zero-order valence-electron chi connectivity index (χ0n) is 13.4. The summed E-state index contributed by atoms with van der Waals surface area (Å²) in [5, 5.41) is 6.27. The first-order chi connectivity index (χ1) is 11.6. The molecule has 8 heteroatoms. The van der Waals surface area contributed by atoms with Gasteiger partial charge >= 0.3 is 0 Å². The number of hydrogen-bond acceptors (Lipinski definition) is 4. The quantitative estimate of drug-likeness (QED) is 0.850. The van der Waals surface area contributed by atoms with E-state index in [4.69, 9.17) is 11.6 Å². The normalized spacial score (nSPS) is 17.6. The lowest BCUT2D eigenvalue weighted by molar-refractivity contribution is -0.118. The van der Waals surface area contributed by atoms with Gasteiger partial charge in [-0.3, -0.25) is 14.7 Å². The summed E-state index contributed by atoms with van der Waals surface area (Å²) in [6.07, 6.45) is 3.55. The van der Waals surface area contributed by atoms with Gasteiger partial charge in [0.1, 0.15) is 5.82 Å². The number of amides is 1. The van der Waals surface area contributed by atoms with Gasteiger partial charge in [-0.15, -0.1) is 12.4 Å². The largest absolute Gasteiger partial charge is 0.324 e. The first kappa shape index (κ1) is 19.6. The smallest absolute Gasteiger partial charge is 0.238 e. The molecule has 2 heterocycles. The highest BCUT2D eigenvalue weighted by Crippen LogP contribution is 2.24. The lowest BCUT2D eigenvalue weighted by Crippen LogP contribution is -2.48. The molecular formula is C17H19Cl2FN4O. The molecule has 1 amide bonds. The van der Waals surface area contributed by atoms with Gasteiger partial charge in [0.25, 0.3) is 0 Å². The van der Waals surface area contributed by atoms with Gasteiger partial charge in [-0.1, -0.05) is 17.7 Å². The Kier molecular flexibility index (Phi) is 7.13. The minimum atomic E-state index is -0.434. The second-order valence-corrected chi connectivity index (χ2v) is 6.06. The summed E-state index contributed by atoms with van der Waals surface area (Å²) >= 11 is 5.95. The summed E-state index contributed by atoms with van der Waals surface area (Å²) < 4.78 is 13.1. The van der Waals surface area contributed by atoms with Crippen LogP contribution in [-0.2, 0) is 4.79 Å². The third-order valence-electron chi connectivity index (χ3n) is 3.98. The van der Waals surface area contributed by atoms with Gasteiger partial charge in [-0.2, -0.15) is 0 Å². The Bertz CT molecular complexity index is 717. The zero-order valence-corrected chi connectivity index (χ0v) is 15.0. The van der Waals surface area contributed by atoms with E-state index in [1.54, 1.807) is 6.20 Å². The second-order valence-electron chi connectivity index (χ2n) is 5.65. The van der Waals surface area contributed by atoms with Crippen molar-refractivity contribution < 1.29 is 9.18 Å². The van der Waals surface area contributed by atoms with Crippen molar-refractivity contribution in [2.75, 3.05) is 31.5 Å². The maximum absolute atomic E-state index is 13.1. The number of aromatic nitrogens is 1. The summed E-state index contributed by atoms with van der Waals surface area (Å²) in [6, 6.07) is 7.89. The van der Waals surface area contributed by atoms with Crippen molar-refractivity contribution >= 4 is 35.6 Å². The molecular weight excluding hydrogens is 366 g/mol. The zero-order chi connectivity index (χ0) is 16.9. The molecule has 1 fully saturated rings. The number of carbonyl (C=O) groups is 1. The number of piperazine rings is 1. The fourth-order valence-electron chi connectivity index (χ4n) is 2.80. The monoisotopic (exact) mass is 384 g/mol. The lowest BCUT2D eigenvalue weighted by Gasteiger charge is -2.35. The Labute approximate surface area is 157 Å². The minimum Gasteiger partial charge on any atom is -0.324 e. The average molecular weight is 385 g/mol. The van der Waals surface area contributed by atoms with Gasteiger partial charge in [-0.25, -0.2) is 4.39 Å². The molecule has 0 saturated carbocycles. The van der Waals surface area contributed by atoms with Crippen LogP contribution in [0.15, 0.2) is 42.7 Å². The average Bonchev–Trinajstić information content (AvgIpc) is 2.59. The fraction of sp³-hybridized carbons (Fsp3) is 0.294. The molecule has 1 saturated heterocycles. The summed E-state index contributed by atoms with van der Waals surface area (Å²) in [5.74, 6) is -0.615. The highest BCUT2D eigenvalue weighted by molar-refractivity contribution is 6.33. The maximum Gasteiger partial charge on any atom is 0.238 e. The summed E-state index contributed by atoms with van der Waals surface area (Å²) in [6.45, 7) is 2.57. The SMILES string of the molecule is Cl.O=C(CN1CCNCC1c1cccnc1)Nc1ccc(F)cc1Cl. The van der Waals surface area contributed by atoms with E-state index in [0.717, 1.165) is 25.2 Å². The van der Waals surface area contributed by atoms with Crippen LogP contribution in [0.3, 0.4) is 0 Å². The van der Waals surface area contributed by atoms with E-state index in [1.165, 1.54) is 18.2 Å². The van der Waals surface area contributed by atoms with Crippen LogP contribution in [-0.4, -0.2) is 42.0 Å². The predicted molar refractivity (Wildman–Crippen MR) is 98.7 cm³/mol. The van der Waals surface area contributed by atoms with Gasteiger partial charge < -0.3 is 10.6 Å². The number of hydrogen-bond donors (Lipinski definition) is 2. The van der Waals surface area contributed by atoms with Crippen molar-refractivity contribution in [3.8, 4) is 0 Å². The van der Waals surface area contributed by atoms with Crippen LogP contribution in [0.4, 0.5) is 10.1 Å². The Morgan fingerprint density at radius 3 is 3.00 bits per heavy atom. The summed E-state index contributed by atoms with van der Waals surface area (Å²) in [5.41, 5.74) is 1.48. The molecule has 1 aliphatic heterocycles. The van der Waals surface area contributed by atoms with Crippen LogP contribution in [0, 0.1) is 5.82 Å². The summed E-state index contributed by atoms with van der Waals surface area (Å²) in [7, 11) is 0. The molecule has 2 aromatic rings. The number of nitrogens with zero attached hydrogens (tertiary/aromatic N) is 2. The Morgan fingerprint density at radius 1 is 1.44 bits per heavy atom. The van der Waals surface area contributed by atoms with Gasteiger partial charge in [0.2, 0.25) is 5.91 Å². The molecule has 1 aromatic carbocycles. The van der Waals surface area contributed by atoms with Crippen LogP contribution in [0.1, 0.15) is 11.6 Å². The van der Waals surface area contributed by atoms with Gasteiger partial charge in [0, 0.05) is 38.1 Å². The van der Waals surface area contributed by atoms with E-state index >= 15 is 0 Å². The van der Waals surface area contributed by atoms with E-state index in [-0.39, 0.29) is 35.9 Å². The van der Waals surface area contributed by atoms with E-state index in [2.05, 4.69) is 20.5 Å². The molecule has 1 atom stereocenters. The Balaban J connectivity index is 0.00000225. The van der Waals surface area contributed by atoms with Crippen molar-refractivity contribution in [3.05, 3.63) is 59.1 Å². The number of halogens is 3. The fourth-order valence-corrected chi connectivity index (χ4v) is 3.02.